The molecule has 0 saturated heterocycles. The van der Waals surface area contributed by atoms with Gasteiger partial charge in [0.15, 0.2) is 11.5 Å². The van der Waals surface area contributed by atoms with Crippen molar-refractivity contribution in [2.24, 2.45) is 0 Å². The van der Waals surface area contributed by atoms with Gasteiger partial charge in [-0.2, -0.15) is 0 Å². The van der Waals surface area contributed by atoms with E-state index in [0.29, 0.717) is 41.7 Å². The molecule has 0 saturated carbocycles. The quantitative estimate of drug-likeness (QED) is 0.303. The molecule has 3 N–H and O–H groups in total. The third-order valence-corrected chi connectivity index (χ3v) is 5.73. The Labute approximate surface area is 218 Å². The summed E-state index contributed by atoms with van der Waals surface area (Å²) in [5.41, 5.74) is 1.84. The summed E-state index contributed by atoms with van der Waals surface area (Å²) < 4.78 is 11.0. The third kappa shape index (κ3) is 5.41. The number of carboxylic acids is 1. The first-order chi connectivity index (χ1) is 18.5. The van der Waals surface area contributed by atoms with Crippen LogP contribution in [0.1, 0.15) is 20.7 Å². The lowest BCUT2D eigenvalue weighted by Gasteiger charge is -2.23. The predicted molar refractivity (Wildman–Crippen MR) is 143 cm³/mol. The number of carbonyl (C=O) groups excluding carboxylic acids is 2. The van der Waals surface area contributed by atoms with Gasteiger partial charge in [0.05, 0.1) is 16.9 Å². The highest BCUT2D eigenvalue weighted by molar-refractivity contribution is 6.09. The van der Waals surface area contributed by atoms with Crippen molar-refractivity contribution in [2.75, 3.05) is 28.7 Å². The number of carbonyl (C=O) groups is 3. The van der Waals surface area contributed by atoms with Crippen LogP contribution in [0, 0.1) is 0 Å². The second-order valence-corrected chi connectivity index (χ2v) is 8.35. The van der Waals surface area contributed by atoms with Gasteiger partial charge in [0.1, 0.15) is 13.2 Å². The maximum atomic E-state index is 13.4. The van der Waals surface area contributed by atoms with Crippen LogP contribution in [-0.4, -0.2) is 36.2 Å². The zero-order valence-corrected chi connectivity index (χ0v) is 20.1. The van der Waals surface area contributed by atoms with Gasteiger partial charge in [-0.05, 0) is 60.7 Å². The van der Waals surface area contributed by atoms with Crippen molar-refractivity contribution in [3.8, 4) is 11.5 Å². The van der Waals surface area contributed by atoms with Crippen LogP contribution in [0.2, 0.25) is 0 Å². The molecule has 9 nitrogen and oxygen atoms in total. The minimum atomic E-state index is -1.21. The lowest BCUT2D eigenvalue weighted by Crippen LogP contribution is -2.30. The van der Waals surface area contributed by atoms with E-state index < -0.39 is 17.9 Å². The Balaban J connectivity index is 1.41. The van der Waals surface area contributed by atoms with Gasteiger partial charge >= 0.3 is 12.0 Å². The Morgan fingerprint density at radius 1 is 0.658 bits per heavy atom. The number of rotatable bonds is 6. The summed E-state index contributed by atoms with van der Waals surface area (Å²) in [5, 5.41) is 15.1. The number of hydrogen-bond donors (Lipinski definition) is 3. The molecule has 3 amide bonds. The Bertz CT molecular complexity index is 1450. The lowest BCUT2D eigenvalue weighted by molar-refractivity contribution is 0.0696. The first-order valence-corrected chi connectivity index (χ1v) is 11.8. The number of benzene rings is 4. The molecule has 9 heteroatoms. The maximum absolute atomic E-state index is 13.4. The third-order valence-electron chi connectivity index (χ3n) is 5.73. The molecule has 0 bridgehead atoms. The van der Waals surface area contributed by atoms with E-state index in [1.807, 2.05) is 36.4 Å². The minimum Gasteiger partial charge on any atom is -0.486 e. The topological polar surface area (TPSA) is 117 Å². The van der Waals surface area contributed by atoms with Crippen molar-refractivity contribution < 1.29 is 29.0 Å². The second-order valence-electron chi connectivity index (χ2n) is 8.35. The van der Waals surface area contributed by atoms with Gasteiger partial charge in [-0.1, -0.05) is 36.4 Å². The lowest BCUT2D eigenvalue weighted by atomic mass is 10.1. The van der Waals surface area contributed by atoms with Crippen molar-refractivity contribution >= 4 is 40.7 Å². The molecule has 0 aliphatic carbocycles. The number of amides is 3. The van der Waals surface area contributed by atoms with Crippen LogP contribution < -0.4 is 25.0 Å². The highest BCUT2D eigenvalue weighted by Gasteiger charge is 2.20. The van der Waals surface area contributed by atoms with Crippen molar-refractivity contribution in [1.82, 2.24) is 0 Å². The average molecular weight is 510 g/mol. The molecule has 38 heavy (non-hydrogen) atoms. The van der Waals surface area contributed by atoms with Crippen LogP contribution in [0.25, 0.3) is 0 Å². The van der Waals surface area contributed by atoms with Crippen LogP contribution in [-0.2, 0) is 0 Å². The fraction of sp³-hybridized carbons (Fsp3) is 0.0690. The molecule has 0 fully saturated rings. The van der Waals surface area contributed by atoms with Crippen LogP contribution >= 0.6 is 0 Å². The van der Waals surface area contributed by atoms with E-state index in [1.54, 1.807) is 42.5 Å². The molecule has 0 radical (unpaired) electrons. The molecule has 190 valence electrons. The molecule has 0 unspecified atom stereocenters. The Morgan fingerprint density at radius 2 is 1.24 bits per heavy atom. The Morgan fingerprint density at radius 3 is 1.84 bits per heavy atom. The fourth-order valence-electron chi connectivity index (χ4n) is 4.00. The number of fused-ring (bicyclic) bond motifs is 1. The first kappa shape index (κ1) is 24.4. The summed E-state index contributed by atoms with van der Waals surface area (Å²) in [6.07, 6.45) is 0. The summed E-state index contributed by atoms with van der Waals surface area (Å²) in [5.74, 6) is -0.680. The summed E-state index contributed by atoms with van der Waals surface area (Å²) >= 11 is 0. The summed E-state index contributed by atoms with van der Waals surface area (Å²) in [6, 6.07) is 26.5. The van der Waals surface area contributed by atoms with E-state index in [4.69, 9.17) is 9.47 Å². The number of ether oxygens (including phenoxy) is 2. The van der Waals surface area contributed by atoms with E-state index in [-0.39, 0.29) is 16.9 Å². The first-order valence-electron chi connectivity index (χ1n) is 11.8. The monoisotopic (exact) mass is 509 g/mol. The zero-order valence-electron chi connectivity index (χ0n) is 20.1. The van der Waals surface area contributed by atoms with E-state index in [0.717, 1.165) is 0 Å². The van der Waals surface area contributed by atoms with Crippen LogP contribution in [0.3, 0.4) is 0 Å². The molecule has 1 aliphatic rings. The molecule has 1 aliphatic heterocycles. The molecule has 5 rings (SSSR count). The van der Waals surface area contributed by atoms with Crippen molar-refractivity contribution in [2.45, 2.75) is 0 Å². The zero-order chi connectivity index (χ0) is 26.5. The standard InChI is InChI=1S/C29H23N3O6/c33-27(19-11-12-25-26(17-19)38-14-13-37-25)30-21-15-20(28(34)35)16-22(18-21)31-29(36)32(23-7-3-1-4-8-23)24-9-5-2-6-10-24/h1-12,15-18H,13-14H2,(H,30,33)(H,31,36)(H,34,35). The number of aromatic carboxylic acids is 1. The summed E-state index contributed by atoms with van der Waals surface area (Å²) in [4.78, 5) is 39.7. The molecule has 0 atom stereocenters. The molecule has 1 heterocycles. The fourth-order valence-corrected chi connectivity index (χ4v) is 4.00. The van der Waals surface area contributed by atoms with Crippen LogP contribution in [0.15, 0.2) is 97.1 Å². The van der Waals surface area contributed by atoms with Crippen LogP contribution in [0.4, 0.5) is 27.5 Å². The Kier molecular flexibility index (Phi) is 6.90. The summed E-state index contributed by atoms with van der Waals surface area (Å²) in [6.45, 7) is 0.811. The van der Waals surface area contributed by atoms with E-state index in [2.05, 4.69) is 10.6 Å². The molecule has 0 spiro atoms. The number of nitrogens with zero attached hydrogens (tertiary/aromatic N) is 1. The van der Waals surface area contributed by atoms with E-state index >= 15 is 0 Å². The molecule has 4 aromatic rings. The van der Waals surface area contributed by atoms with Gasteiger partial charge in [-0.3, -0.25) is 9.69 Å². The van der Waals surface area contributed by atoms with Crippen molar-refractivity contribution in [1.29, 1.82) is 0 Å². The van der Waals surface area contributed by atoms with Gasteiger partial charge in [-0.15, -0.1) is 0 Å². The van der Waals surface area contributed by atoms with E-state index in [1.165, 1.54) is 23.1 Å². The van der Waals surface area contributed by atoms with Gasteiger partial charge < -0.3 is 25.2 Å². The highest BCUT2D eigenvalue weighted by Crippen LogP contribution is 2.31. The normalized spacial score (nSPS) is 11.8. The minimum absolute atomic E-state index is 0.105. The summed E-state index contributed by atoms with van der Waals surface area (Å²) in [7, 11) is 0. The van der Waals surface area contributed by atoms with Gasteiger partial charge in [0.2, 0.25) is 0 Å². The molecule has 4 aromatic carbocycles. The van der Waals surface area contributed by atoms with Gasteiger partial charge in [0, 0.05) is 16.9 Å². The smallest absolute Gasteiger partial charge is 0.335 e. The van der Waals surface area contributed by atoms with Gasteiger partial charge in [-0.25, -0.2) is 9.59 Å². The van der Waals surface area contributed by atoms with Gasteiger partial charge in [0.25, 0.3) is 5.91 Å². The van der Waals surface area contributed by atoms with Crippen LogP contribution in [0.5, 0.6) is 11.5 Å². The second kappa shape index (κ2) is 10.8. The molecular formula is C29H23N3O6. The number of anilines is 4. The Hall–Kier alpha value is -5.31. The predicted octanol–water partition coefficient (Wildman–Crippen LogP) is 5.78. The largest absolute Gasteiger partial charge is 0.486 e. The van der Waals surface area contributed by atoms with E-state index in [9.17, 15) is 19.5 Å². The number of carboxylic acid groups (broad SMARTS) is 1. The number of nitrogens with one attached hydrogen (secondary N) is 2. The molecular weight excluding hydrogens is 486 g/mol. The molecule has 0 aromatic heterocycles. The highest BCUT2D eigenvalue weighted by atomic mass is 16.6. The maximum Gasteiger partial charge on any atom is 0.335 e. The van der Waals surface area contributed by atoms with Crippen molar-refractivity contribution in [3.05, 3.63) is 108 Å². The number of hydrogen-bond acceptors (Lipinski definition) is 5. The SMILES string of the molecule is O=C(O)c1cc(NC(=O)c2ccc3c(c2)OCCO3)cc(NC(=O)N(c2ccccc2)c2ccccc2)c1. The number of urea groups is 1. The average Bonchev–Trinajstić information content (AvgIpc) is 2.94. The number of para-hydroxylation sites is 2. The van der Waals surface area contributed by atoms with Crippen molar-refractivity contribution in [3.63, 3.8) is 0 Å².